The predicted molar refractivity (Wildman–Crippen MR) is 54.6 cm³/mol. The lowest BCUT2D eigenvalue weighted by atomic mass is 10.3. The van der Waals surface area contributed by atoms with E-state index in [4.69, 9.17) is 12.0 Å². The highest BCUT2D eigenvalue weighted by Crippen LogP contribution is 2.29. The first-order chi connectivity index (χ1) is 7.36. The molecule has 1 aromatic heterocycles. The van der Waals surface area contributed by atoms with Crippen molar-refractivity contribution in [2.75, 3.05) is 0 Å². The largest absolute Gasteiger partial charge is 0.460 e. The highest BCUT2D eigenvalue weighted by Gasteiger charge is 2.23. The van der Waals surface area contributed by atoms with Crippen LogP contribution in [-0.4, -0.2) is 9.78 Å². The smallest absolute Gasteiger partial charge is 0.226 e. The zero-order valence-electron chi connectivity index (χ0n) is 7.70. The van der Waals surface area contributed by atoms with Crippen LogP contribution >= 0.6 is 0 Å². The zero-order chi connectivity index (χ0) is 10.7. The van der Waals surface area contributed by atoms with E-state index < -0.39 is 0 Å². The van der Waals surface area contributed by atoms with Gasteiger partial charge in [0.25, 0.3) is 0 Å². The molecule has 5 heteroatoms. The molecular weight excluding hydrogens is 190 g/mol. The van der Waals surface area contributed by atoms with Crippen LogP contribution in [0.3, 0.4) is 0 Å². The highest BCUT2D eigenvalue weighted by atomic mass is 15.3. The van der Waals surface area contributed by atoms with Crippen LogP contribution in [-0.2, 0) is 0 Å². The minimum Gasteiger partial charge on any atom is -0.226 e. The molecule has 0 radical (unpaired) electrons. The van der Waals surface area contributed by atoms with Crippen molar-refractivity contribution in [1.82, 2.24) is 9.78 Å². The fourth-order valence-electron chi connectivity index (χ4n) is 1.26. The van der Waals surface area contributed by atoms with E-state index in [1.807, 2.05) is 30.3 Å². The molecule has 0 N–H and O–H groups in total. The minimum atomic E-state index is 0.149. The number of benzene rings is 1. The Morgan fingerprint density at radius 2 is 2.00 bits per heavy atom. The lowest BCUT2D eigenvalue weighted by Crippen LogP contribution is -1.93. The molecule has 0 atom stereocenters. The van der Waals surface area contributed by atoms with Crippen LogP contribution in [0.1, 0.15) is 0 Å². The lowest BCUT2D eigenvalue weighted by Gasteiger charge is -1.91. The van der Waals surface area contributed by atoms with Gasteiger partial charge in [0.2, 0.25) is 0 Å². The monoisotopic (exact) mass is 196 g/mol. The summed E-state index contributed by atoms with van der Waals surface area (Å²) in [5.74, 6) is 0.149. The molecule has 0 aliphatic carbocycles. The summed E-state index contributed by atoms with van der Waals surface area (Å²) < 4.78 is 1.41. The summed E-state index contributed by atoms with van der Waals surface area (Å²) in [6.45, 7) is 6.86. The Labute approximate surface area is 86.0 Å². The molecule has 2 rings (SSSR count). The number of aromatic nitrogens is 2. The van der Waals surface area contributed by atoms with Gasteiger partial charge in [0, 0.05) is 4.98 Å². The van der Waals surface area contributed by atoms with Crippen molar-refractivity contribution >= 4 is 11.5 Å². The molecule has 0 saturated carbocycles. The van der Waals surface area contributed by atoms with Crippen LogP contribution in [0, 0.1) is 12.0 Å². The molecule has 0 saturated heterocycles. The third kappa shape index (κ3) is 1.43. The molecule has 70 valence electrons. The number of para-hydroxylation sites is 1. The van der Waals surface area contributed by atoms with E-state index >= 15 is 0 Å². The van der Waals surface area contributed by atoms with E-state index in [0.29, 0.717) is 0 Å². The maximum atomic E-state index is 8.80. The quantitative estimate of drug-likeness (QED) is 0.520. The number of hydrogen-bond donors (Lipinski definition) is 0. The van der Waals surface area contributed by atoms with E-state index in [1.165, 1.54) is 10.9 Å². The molecule has 0 aliphatic rings. The van der Waals surface area contributed by atoms with Crippen molar-refractivity contribution in [3.05, 3.63) is 52.9 Å². The van der Waals surface area contributed by atoms with Gasteiger partial charge in [-0.05, 0) is 12.1 Å². The average molecular weight is 196 g/mol. The van der Waals surface area contributed by atoms with Crippen LogP contribution in [0.4, 0.5) is 11.5 Å². The summed E-state index contributed by atoms with van der Waals surface area (Å²) in [5.41, 5.74) is 0.974. The highest BCUT2D eigenvalue weighted by molar-refractivity contribution is 5.67. The average Bonchev–Trinajstić information content (AvgIpc) is 2.72. The van der Waals surface area contributed by atoms with Gasteiger partial charge >= 0.3 is 11.5 Å². The van der Waals surface area contributed by atoms with Crippen molar-refractivity contribution in [3.63, 3.8) is 0 Å². The van der Waals surface area contributed by atoms with Gasteiger partial charge in [-0.25, -0.2) is 4.85 Å². The van der Waals surface area contributed by atoms with Crippen LogP contribution < -0.4 is 0 Å². The Hall–Kier alpha value is -2.66. The maximum Gasteiger partial charge on any atom is 0.460 e. The molecule has 5 nitrogen and oxygen atoms in total. The Kier molecular flexibility index (Phi) is 2.14. The second kappa shape index (κ2) is 3.60. The first kappa shape index (κ1) is 8.92. The number of nitrogens with zero attached hydrogens (tertiary/aromatic N) is 5. The Morgan fingerprint density at radius 3 is 2.60 bits per heavy atom. The zero-order valence-corrected chi connectivity index (χ0v) is 7.70. The molecule has 0 bridgehead atoms. The summed E-state index contributed by atoms with van der Waals surface area (Å²) in [5, 5.41) is 12.8. The van der Waals surface area contributed by atoms with Gasteiger partial charge in [-0.15, -0.1) is 0 Å². The topological polar surface area (TPSA) is 50.3 Å². The summed E-state index contributed by atoms with van der Waals surface area (Å²) in [4.78, 5) is 6.26. The number of rotatable bonds is 1. The molecule has 0 unspecified atom stereocenters. The molecule has 0 spiro atoms. The Balaban J connectivity index is 2.62. The third-order valence-electron chi connectivity index (χ3n) is 1.94. The summed E-state index contributed by atoms with van der Waals surface area (Å²) in [6, 6.07) is 9.19. The standard InChI is InChI=1S/C10H6N5/c1-12-9-7-13-15(10(9)14-11)8-5-3-2-4-6-8/h2-7H/q+1. The van der Waals surface area contributed by atoms with Crippen molar-refractivity contribution < 1.29 is 0 Å². The number of diazo groups is 1. The number of hydrogen-bond acceptors (Lipinski definition) is 2. The first-order valence-corrected chi connectivity index (χ1v) is 4.23. The van der Waals surface area contributed by atoms with Crippen molar-refractivity contribution in [1.29, 1.82) is 5.39 Å². The molecule has 1 aromatic carbocycles. The summed E-state index contributed by atoms with van der Waals surface area (Å²) in [6.07, 6.45) is 1.37. The van der Waals surface area contributed by atoms with E-state index in [-0.39, 0.29) is 11.5 Å². The van der Waals surface area contributed by atoms with E-state index in [9.17, 15) is 0 Å². The van der Waals surface area contributed by atoms with Crippen LogP contribution in [0.2, 0.25) is 0 Å². The second-order valence-corrected chi connectivity index (χ2v) is 2.81. The summed E-state index contributed by atoms with van der Waals surface area (Å²) >= 11 is 0. The van der Waals surface area contributed by atoms with E-state index in [2.05, 4.69) is 14.9 Å². The molecule has 0 fully saturated rings. The Morgan fingerprint density at radius 1 is 1.27 bits per heavy atom. The van der Waals surface area contributed by atoms with Crippen molar-refractivity contribution in [3.8, 4) is 5.69 Å². The van der Waals surface area contributed by atoms with Gasteiger partial charge in [-0.2, -0.15) is 0 Å². The molecule has 0 aliphatic heterocycles. The van der Waals surface area contributed by atoms with Gasteiger partial charge in [-0.3, -0.25) is 0 Å². The van der Waals surface area contributed by atoms with Crippen LogP contribution in [0.25, 0.3) is 15.5 Å². The molecule has 1 heterocycles. The predicted octanol–water partition coefficient (Wildman–Crippen LogP) is 2.91. The van der Waals surface area contributed by atoms with Gasteiger partial charge in [0.05, 0.1) is 18.2 Å². The van der Waals surface area contributed by atoms with E-state index in [0.717, 1.165) is 5.69 Å². The van der Waals surface area contributed by atoms with Crippen LogP contribution in [0.5, 0.6) is 0 Å². The lowest BCUT2D eigenvalue weighted by molar-refractivity contribution is 0.893. The van der Waals surface area contributed by atoms with E-state index in [1.54, 1.807) is 0 Å². The van der Waals surface area contributed by atoms with Gasteiger partial charge < -0.3 is 0 Å². The fourth-order valence-corrected chi connectivity index (χ4v) is 1.26. The van der Waals surface area contributed by atoms with Gasteiger partial charge in [-0.1, -0.05) is 28.0 Å². The van der Waals surface area contributed by atoms with Crippen LogP contribution in [0.15, 0.2) is 36.5 Å². The van der Waals surface area contributed by atoms with Gasteiger partial charge in [0.15, 0.2) is 5.69 Å². The SMILES string of the molecule is [C-]#[N+]c1cnn(-c2ccccc2)c1[N+]#N. The van der Waals surface area contributed by atoms with Gasteiger partial charge in [0.1, 0.15) is 0 Å². The fraction of sp³-hybridized carbons (Fsp3) is 0. The molecule has 15 heavy (non-hydrogen) atoms. The third-order valence-corrected chi connectivity index (χ3v) is 1.94. The second-order valence-electron chi connectivity index (χ2n) is 2.81. The molecule has 2 aromatic rings. The first-order valence-electron chi connectivity index (χ1n) is 4.23. The molecule has 0 amide bonds. The van der Waals surface area contributed by atoms with Crippen molar-refractivity contribution in [2.24, 2.45) is 0 Å². The Bertz CT molecular complexity index is 556. The molecular formula is C10H6N5+. The normalized spacial score (nSPS) is 9.20. The minimum absolute atomic E-state index is 0.149. The summed E-state index contributed by atoms with van der Waals surface area (Å²) in [7, 11) is 0. The maximum absolute atomic E-state index is 8.80. The van der Waals surface area contributed by atoms with Crippen molar-refractivity contribution in [2.45, 2.75) is 0 Å².